The van der Waals surface area contributed by atoms with E-state index in [0.717, 1.165) is 6.42 Å². The highest BCUT2D eigenvalue weighted by molar-refractivity contribution is 5.85. The van der Waals surface area contributed by atoms with Crippen molar-refractivity contribution < 1.29 is 14.3 Å². The Bertz CT molecular complexity index is 430. The standard InChI is InChI=1S/C9H13N5O3/c1-2-17-9(16)8-11-12-13-14(8)5-6-3-4-7(15)10-6/h6H,2-5H2,1H3,(H,10,15). The zero-order valence-electron chi connectivity index (χ0n) is 9.42. The van der Waals surface area contributed by atoms with Crippen LogP contribution in [0.2, 0.25) is 0 Å². The highest BCUT2D eigenvalue weighted by Crippen LogP contribution is 2.09. The van der Waals surface area contributed by atoms with E-state index in [1.165, 1.54) is 4.68 Å². The SMILES string of the molecule is CCOC(=O)c1nnnn1CC1CCC(=O)N1. The van der Waals surface area contributed by atoms with E-state index < -0.39 is 5.97 Å². The Kier molecular flexibility index (Phi) is 3.31. The summed E-state index contributed by atoms with van der Waals surface area (Å²) in [5.74, 6) is -0.476. The molecule has 1 amide bonds. The van der Waals surface area contributed by atoms with Gasteiger partial charge in [0.25, 0.3) is 5.82 Å². The fourth-order valence-electron chi connectivity index (χ4n) is 1.69. The third-order valence-electron chi connectivity index (χ3n) is 2.47. The maximum atomic E-state index is 11.5. The number of tetrazole rings is 1. The molecular formula is C9H13N5O3. The third kappa shape index (κ3) is 2.58. The molecule has 1 aliphatic heterocycles. The number of nitrogens with one attached hydrogen (secondary N) is 1. The second-order valence-corrected chi connectivity index (χ2v) is 3.71. The van der Waals surface area contributed by atoms with Crippen molar-refractivity contribution in [1.29, 1.82) is 0 Å². The van der Waals surface area contributed by atoms with E-state index in [9.17, 15) is 9.59 Å². The van der Waals surface area contributed by atoms with Crippen LogP contribution >= 0.6 is 0 Å². The molecule has 0 saturated carbocycles. The summed E-state index contributed by atoms with van der Waals surface area (Å²) in [4.78, 5) is 22.5. The Labute approximate surface area is 97.3 Å². The number of ether oxygens (including phenoxy) is 1. The van der Waals surface area contributed by atoms with E-state index in [4.69, 9.17) is 4.74 Å². The zero-order valence-corrected chi connectivity index (χ0v) is 9.42. The summed E-state index contributed by atoms with van der Waals surface area (Å²) >= 11 is 0. The van der Waals surface area contributed by atoms with Gasteiger partial charge >= 0.3 is 5.97 Å². The molecule has 92 valence electrons. The Balaban J connectivity index is 2.03. The first-order valence-corrected chi connectivity index (χ1v) is 5.43. The van der Waals surface area contributed by atoms with Crippen LogP contribution in [0, 0.1) is 0 Å². The lowest BCUT2D eigenvalue weighted by Crippen LogP contribution is -2.31. The number of nitrogens with zero attached hydrogens (tertiary/aromatic N) is 4. The second kappa shape index (κ2) is 4.89. The number of rotatable bonds is 4. The number of carbonyl (C=O) groups is 2. The topological polar surface area (TPSA) is 99.0 Å². The summed E-state index contributed by atoms with van der Waals surface area (Å²) in [6.07, 6.45) is 1.22. The van der Waals surface area contributed by atoms with Crippen LogP contribution in [0.1, 0.15) is 30.4 Å². The van der Waals surface area contributed by atoms with Crippen LogP contribution in [0.5, 0.6) is 0 Å². The molecular weight excluding hydrogens is 226 g/mol. The van der Waals surface area contributed by atoms with Crippen molar-refractivity contribution in [2.24, 2.45) is 0 Å². The first-order chi connectivity index (χ1) is 8.20. The van der Waals surface area contributed by atoms with Crippen molar-refractivity contribution >= 4 is 11.9 Å². The molecule has 17 heavy (non-hydrogen) atoms. The van der Waals surface area contributed by atoms with E-state index in [0.29, 0.717) is 13.0 Å². The summed E-state index contributed by atoms with van der Waals surface area (Å²) in [7, 11) is 0. The van der Waals surface area contributed by atoms with Gasteiger partial charge in [0, 0.05) is 12.5 Å². The van der Waals surface area contributed by atoms with Gasteiger partial charge in [-0.1, -0.05) is 0 Å². The van der Waals surface area contributed by atoms with Gasteiger partial charge in [0.2, 0.25) is 5.91 Å². The molecule has 0 aromatic carbocycles. The molecule has 1 aromatic rings. The van der Waals surface area contributed by atoms with Gasteiger partial charge < -0.3 is 10.1 Å². The number of hydrogen-bond donors (Lipinski definition) is 1. The van der Waals surface area contributed by atoms with Gasteiger partial charge in [-0.15, -0.1) is 5.10 Å². The number of hydrogen-bond acceptors (Lipinski definition) is 6. The molecule has 8 nitrogen and oxygen atoms in total. The van der Waals surface area contributed by atoms with Crippen LogP contribution in [0.3, 0.4) is 0 Å². The second-order valence-electron chi connectivity index (χ2n) is 3.71. The van der Waals surface area contributed by atoms with E-state index in [-0.39, 0.29) is 24.4 Å². The zero-order chi connectivity index (χ0) is 12.3. The fourth-order valence-corrected chi connectivity index (χ4v) is 1.69. The van der Waals surface area contributed by atoms with E-state index in [1.807, 2.05) is 0 Å². The number of amides is 1. The van der Waals surface area contributed by atoms with E-state index >= 15 is 0 Å². The van der Waals surface area contributed by atoms with Crippen LogP contribution in [0.4, 0.5) is 0 Å². The van der Waals surface area contributed by atoms with Crippen LogP contribution < -0.4 is 5.32 Å². The lowest BCUT2D eigenvalue weighted by molar-refractivity contribution is -0.119. The Morgan fingerprint density at radius 2 is 2.47 bits per heavy atom. The summed E-state index contributed by atoms with van der Waals surface area (Å²) in [5, 5.41) is 13.5. The van der Waals surface area contributed by atoms with E-state index in [2.05, 4.69) is 20.8 Å². The molecule has 2 rings (SSSR count). The highest BCUT2D eigenvalue weighted by Gasteiger charge is 2.24. The summed E-state index contributed by atoms with van der Waals surface area (Å²) in [6, 6.07) is -0.0285. The molecule has 2 heterocycles. The normalized spacial score (nSPS) is 19.1. The first-order valence-electron chi connectivity index (χ1n) is 5.43. The quantitative estimate of drug-likeness (QED) is 0.685. The monoisotopic (exact) mass is 239 g/mol. The van der Waals surface area contributed by atoms with Gasteiger partial charge in [0.05, 0.1) is 13.2 Å². The summed E-state index contributed by atoms with van der Waals surface area (Å²) < 4.78 is 6.18. The van der Waals surface area contributed by atoms with Crippen molar-refractivity contribution in [3.8, 4) is 0 Å². The van der Waals surface area contributed by atoms with Gasteiger partial charge in [0.15, 0.2) is 0 Å². The largest absolute Gasteiger partial charge is 0.460 e. The van der Waals surface area contributed by atoms with Crippen LogP contribution in [-0.2, 0) is 16.1 Å². The van der Waals surface area contributed by atoms with E-state index in [1.54, 1.807) is 6.92 Å². The molecule has 1 N–H and O–H groups in total. The molecule has 0 spiro atoms. The van der Waals surface area contributed by atoms with Gasteiger partial charge in [-0.25, -0.2) is 9.48 Å². The van der Waals surface area contributed by atoms with Crippen molar-refractivity contribution in [2.75, 3.05) is 6.61 Å². The van der Waals surface area contributed by atoms with Gasteiger partial charge in [-0.3, -0.25) is 4.79 Å². The third-order valence-corrected chi connectivity index (χ3v) is 2.47. The average Bonchev–Trinajstić information content (AvgIpc) is 2.89. The molecule has 1 atom stereocenters. The minimum atomic E-state index is -0.554. The molecule has 1 fully saturated rings. The fraction of sp³-hybridized carbons (Fsp3) is 0.667. The number of aromatic nitrogens is 4. The molecule has 1 unspecified atom stereocenters. The Hall–Kier alpha value is -1.99. The lowest BCUT2D eigenvalue weighted by atomic mass is 10.2. The van der Waals surface area contributed by atoms with Crippen LogP contribution in [-0.4, -0.2) is 44.7 Å². The molecule has 0 aliphatic carbocycles. The van der Waals surface area contributed by atoms with Gasteiger partial charge in [-0.2, -0.15) is 0 Å². The minimum Gasteiger partial charge on any atom is -0.460 e. The molecule has 1 aromatic heterocycles. The van der Waals surface area contributed by atoms with Crippen molar-refractivity contribution in [1.82, 2.24) is 25.5 Å². The van der Waals surface area contributed by atoms with Crippen LogP contribution in [0.15, 0.2) is 0 Å². The first kappa shape index (κ1) is 11.5. The minimum absolute atomic E-state index is 0.0146. The molecule has 0 radical (unpaired) electrons. The maximum Gasteiger partial charge on any atom is 0.378 e. The van der Waals surface area contributed by atoms with Gasteiger partial charge in [0.1, 0.15) is 0 Å². The predicted octanol–water partition coefficient (Wildman–Crippen LogP) is -0.872. The van der Waals surface area contributed by atoms with Crippen molar-refractivity contribution in [3.63, 3.8) is 0 Å². The Morgan fingerprint density at radius 1 is 1.65 bits per heavy atom. The molecule has 1 aliphatic rings. The smallest absolute Gasteiger partial charge is 0.378 e. The highest BCUT2D eigenvalue weighted by atomic mass is 16.5. The molecule has 1 saturated heterocycles. The Morgan fingerprint density at radius 3 is 3.12 bits per heavy atom. The molecule has 0 bridgehead atoms. The van der Waals surface area contributed by atoms with Crippen molar-refractivity contribution in [2.45, 2.75) is 32.4 Å². The van der Waals surface area contributed by atoms with Gasteiger partial charge in [-0.05, 0) is 23.8 Å². The number of carbonyl (C=O) groups excluding carboxylic acids is 2. The average molecular weight is 239 g/mol. The number of esters is 1. The van der Waals surface area contributed by atoms with Crippen molar-refractivity contribution in [3.05, 3.63) is 5.82 Å². The summed E-state index contributed by atoms with van der Waals surface area (Å²) in [5.41, 5.74) is 0. The summed E-state index contributed by atoms with van der Waals surface area (Å²) in [6.45, 7) is 2.36. The van der Waals surface area contributed by atoms with Crippen LogP contribution in [0.25, 0.3) is 0 Å². The maximum absolute atomic E-state index is 11.5. The molecule has 8 heteroatoms. The lowest BCUT2D eigenvalue weighted by Gasteiger charge is -2.10. The predicted molar refractivity (Wildman–Crippen MR) is 54.9 cm³/mol.